The van der Waals surface area contributed by atoms with Gasteiger partial charge in [-0.15, -0.1) is 0 Å². The Labute approximate surface area is 475 Å². The van der Waals surface area contributed by atoms with E-state index in [1.165, 1.54) is 143 Å². The van der Waals surface area contributed by atoms with Crippen molar-refractivity contribution < 1.29 is 19.2 Å². The lowest BCUT2D eigenvalue weighted by Gasteiger charge is -2.37. The number of nitrogens with one attached hydrogen (secondary N) is 3. The predicted octanol–water partition coefficient (Wildman–Crippen LogP) is 4.94. The molecule has 3 N–H and O–H groups in total. The second kappa shape index (κ2) is 29.7. The fourth-order valence-corrected chi connectivity index (χ4v) is 14.8. The summed E-state index contributed by atoms with van der Waals surface area (Å²) in [4.78, 5) is 71.6. The molecule has 3 aliphatic carbocycles. The van der Waals surface area contributed by atoms with E-state index >= 15 is 0 Å². The Balaban J connectivity index is 0.000000170. The molecule has 6 saturated heterocycles. The Kier molecular flexibility index (Phi) is 24.0. The van der Waals surface area contributed by atoms with Gasteiger partial charge in [-0.05, 0) is 123 Å². The van der Waals surface area contributed by atoms with Gasteiger partial charge in [-0.1, -0.05) is 41.5 Å². The van der Waals surface area contributed by atoms with Crippen molar-refractivity contribution in [2.24, 2.45) is 46.8 Å². The van der Waals surface area contributed by atoms with Crippen LogP contribution in [0, 0.1) is 46.8 Å². The van der Waals surface area contributed by atoms with Crippen LogP contribution in [0.1, 0.15) is 141 Å². The Bertz CT molecular complexity index is 1860. The van der Waals surface area contributed by atoms with Crippen LogP contribution < -0.4 is 16.0 Å². The van der Waals surface area contributed by atoms with Gasteiger partial charge in [0.15, 0.2) is 0 Å². The summed E-state index contributed by atoms with van der Waals surface area (Å²) in [6.45, 7) is 52.0. The van der Waals surface area contributed by atoms with Gasteiger partial charge in [-0.25, -0.2) is 0 Å². The first-order chi connectivity index (χ1) is 37.1. The van der Waals surface area contributed by atoms with Crippen molar-refractivity contribution in [2.45, 2.75) is 177 Å². The molecular weight excluding hydrogens is 977 g/mol. The van der Waals surface area contributed by atoms with Crippen molar-refractivity contribution in [3.05, 3.63) is 0 Å². The number of rotatable bonds is 18. The van der Waals surface area contributed by atoms with Crippen LogP contribution in [0.25, 0.3) is 0 Å². The van der Waals surface area contributed by atoms with Crippen molar-refractivity contribution in [3.63, 3.8) is 0 Å². The minimum atomic E-state index is 0.0272. The number of fused-ring (bicyclic) bond motifs is 2. The first-order valence-corrected chi connectivity index (χ1v) is 32.2. The molecule has 0 bridgehead atoms. The molecule has 16 nitrogen and oxygen atoms in total. The number of carbonyl (C=O) groups excluding carboxylic acids is 4. The van der Waals surface area contributed by atoms with Crippen molar-refractivity contribution in [1.29, 1.82) is 0 Å². The average Bonchev–Trinajstić information content (AvgIpc) is 4.33. The smallest absolute Gasteiger partial charge is 0.223 e. The van der Waals surface area contributed by atoms with Crippen LogP contribution in [0.5, 0.6) is 0 Å². The number of likely N-dealkylation sites (tertiary alicyclic amines) is 3. The maximum Gasteiger partial charge on any atom is 0.223 e. The van der Waals surface area contributed by atoms with Crippen LogP contribution in [0.2, 0.25) is 0 Å². The molecule has 6 aliphatic heterocycles. The first kappa shape index (κ1) is 63.1. The maximum atomic E-state index is 12.7. The van der Waals surface area contributed by atoms with Crippen molar-refractivity contribution in [1.82, 2.24) is 60.0 Å². The Hall–Kier alpha value is -2.44. The van der Waals surface area contributed by atoms with Crippen LogP contribution >= 0.6 is 0 Å². The SMILES string of the molecule is CC(C)C(=O)NC1CCC2(CCN(CCN3CCN(C(C)C)CC3)C2)C1.CC(C)C(=O)NC1CCC2CN(C(=O)CCN3CCN(C(C)C)CC3)CC21.CC(C)C(=O)NC1CCC2CN(CCN3CCN(C(C)C)CC3)CC21. The number of piperazine rings is 3. The van der Waals surface area contributed by atoms with Gasteiger partial charge in [-0.3, -0.25) is 43.7 Å². The van der Waals surface area contributed by atoms with Crippen molar-refractivity contribution >= 4 is 23.6 Å². The van der Waals surface area contributed by atoms with Crippen LogP contribution in [-0.4, -0.2) is 255 Å². The van der Waals surface area contributed by atoms with E-state index < -0.39 is 0 Å². The normalized spacial score (nSPS) is 30.9. The third-order valence-corrected chi connectivity index (χ3v) is 20.5. The second-order valence-corrected chi connectivity index (χ2v) is 27.9. The molecule has 9 fully saturated rings. The third kappa shape index (κ3) is 18.0. The highest BCUT2D eigenvalue weighted by Crippen LogP contribution is 2.46. The molecule has 0 aromatic carbocycles. The monoisotopic (exact) mass is 1090 g/mol. The van der Waals surface area contributed by atoms with Gasteiger partial charge in [0.1, 0.15) is 0 Å². The summed E-state index contributed by atoms with van der Waals surface area (Å²) in [6.07, 6.45) is 10.3. The largest absolute Gasteiger partial charge is 0.353 e. The van der Waals surface area contributed by atoms with E-state index in [0.29, 0.717) is 65.7 Å². The Morgan fingerprint density at radius 2 is 0.846 bits per heavy atom. The van der Waals surface area contributed by atoms with Crippen LogP contribution in [0.4, 0.5) is 0 Å². The summed E-state index contributed by atoms with van der Waals surface area (Å²) in [5.41, 5.74) is 0.477. The van der Waals surface area contributed by atoms with E-state index in [1.807, 2.05) is 41.5 Å². The van der Waals surface area contributed by atoms with E-state index in [0.717, 1.165) is 64.6 Å². The molecule has 4 amide bonds. The summed E-state index contributed by atoms with van der Waals surface area (Å²) in [5, 5.41) is 9.80. The number of hydrogen-bond donors (Lipinski definition) is 3. The molecule has 9 aliphatic rings. The molecule has 9 rings (SSSR count). The quantitative estimate of drug-likeness (QED) is 0.172. The third-order valence-electron chi connectivity index (χ3n) is 20.5. The number of hydrogen-bond acceptors (Lipinski definition) is 12. The van der Waals surface area contributed by atoms with Gasteiger partial charge < -0.3 is 35.6 Å². The lowest BCUT2D eigenvalue weighted by atomic mass is 9.85. The van der Waals surface area contributed by atoms with Gasteiger partial charge in [0.25, 0.3) is 0 Å². The van der Waals surface area contributed by atoms with Crippen molar-refractivity contribution in [3.8, 4) is 0 Å². The molecule has 448 valence electrons. The Morgan fingerprint density at radius 3 is 1.32 bits per heavy atom. The average molecular weight is 1090 g/mol. The molecule has 8 atom stereocenters. The number of amides is 4. The summed E-state index contributed by atoms with van der Waals surface area (Å²) >= 11 is 0. The summed E-state index contributed by atoms with van der Waals surface area (Å²) in [6, 6.07) is 3.06. The van der Waals surface area contributed by atoms with E-state index in [2.05, 4.69) is 102 Å². The molecule has 3 saturated carbocycles. The van der Waals surface area contributed by atoms with Gasteiger partial charge in [0, 0.05) is 210 Å². The molecule has 0 radical (unpaired) electrons. The first-order valence-electron chi connectivity index (χ1n) is 32.2. The van der Waals surface area contributed by atoms with E-state index in [1.54, 1.807) is 0 Å². The molecule has 16 heteroatoms. The summed E-state index contributed by atoms with van der Waals surface area (Å²) in [5.74, 6) is 3.62. The standard InChI is InChI=1S/C21H38N4O2.C21H40N4O.C20H38N4O/c1-15(2)21(27)22-19-6-5-17-13-25(14-18(17)19)20(26)7-8-23-9-11-24(12-10-23)16(3)4;1-17(2)20(26)22-19-5-6-21(15-19)7-8-24(16-21)10-9-23-11-13-25(14-12-23)18(3)4;1-15(2)20(25)21-19-6-5-17-13-23(14-18(17)19)8-7-22-9-11-24(12-10-22)16(3)4/h15-19H,5-14H2,1-4H3,(H,22,27);17-19H,5-16H2,1-4H3,(H,22,26);15-19H,5-14H2,1-4H3,(H,21,25). The topological polar surface area (TPSA) is 134 Å². The van der Waals surface area contributed by atoms with Crippen LogP contribution in [0.3, 0.4) is 0 Å². The van der Waals surface area contributed by atoms with Crippen molar-refractivity contribution in [2.75, 3.05) is 151 Å². The lowest BCUT2D eigenvalue weighted by molar-refractivity contribution is -0.131. The van der Waals surface area contributed by atoms with Gasteiger partial charge >= 0.3 is 0 Å². The molecule has 1 spiro atoms. The molecule has 6 heterocycles. The van der Waals surface area contributed by atoms with E-state index in [4.69, 9.17) is 0 Å². The zero-order valence-electron chi connectivity index (χ0n) is 51.8. The number of carbonyl (C=O) groups is 4. The Morgan fingerprint density at radius 1 is 0.423 bits per heavy atom. The minimum Gasteiger partial charge on any atom is -0.353 e. The molecule has 8 unspecified atom stereocenters. The maximum absolute atomic E-state index is 12.7. The van der Waals surface area contributed by atoms with Gasteiger partial charge in [-0.2, -0.15) is 0 Å². The minimum absolute atomic E-state index is 0.0272. The molecular formula is C62H116N12O4. The van der Waals surface area contributed by atoms with Gasteiger partial charge in [0.05, 0.1) is 0 Å². The zero-order valence-corrected chi connectivity index (χ0v) is 51.8. The molecule has 0 aromatic rings. The van der Waals surface area contributed by atoms with E-state index in [-0.39, 0.29) is 41.5 Å². The summed E-state index contributed by atoms with van der Waals surface area (Å²) < 4.78 is 0. The highest BCUT2D eigenvalue weighted by atomic mass is 16.2. The second-order valence-electron chi connectivity index (χ2n) is 27.9. The lowest BCUT2D eigenvalue weighted by Crippen LogP contribution is -2.50. The zero-order chi connectivity index (χ0) is 56.3. The highest BCUT2D eigenvalue weighted by Gasteiger charge is 2.47. The summed E-state index contributed by atoms with van der Waals surface area (Å²) in [7, 11) is 0. The molecule has 0 aromatic heterocycles. The van der Waals surface area contributed by atoms with E-state index in [9.17, 15) is 19.2 Å². The van der Waals surface area contributed by atoms with Crippen LogP contribution in [0.15, 0.2) is 0 Å². The number of nitrogens with zero attached hydrogens (tertiary/aromatic N) is 9. The fourth-order valence-electron chi connectivity index (χ4n) is 14.8. The highest BCUT2D eigenvalue weighted by molar-refractivity contribution is 5.79. The van der Waals surface area contributed by atoms with Gasteiger partial charge in [0.2, 0.25) is 23.6 Å². The molecule has 78 heavy (non-hydrogen) atoms. The van der Waals surface area contributed by atoms with Crippen LogP contribution in [-0.2, 0) is 19.2 Å². The predicted molar refractivity (Wildman–Crippen MR) is 317 cm³/mol. The fraction of sp³-hybridized carbons (Fsp3) is 0.935.